The first kappa shape index (κ1) is 13.4. The Bertz CT molecular complexity index is 614. The van der Waals surface area contributed by atoms with Crippen molar-refractivity contribution in [2.45, 2.75) is 13.0 Å². The highest BCUT2D eigenvalue weighted by atomic mass is 79.9. The van der Waals surface area contributed by atoms with Crippen molar-refractivity contribution in [2.24, 2.45) is 0 Å². The molecule has 0 heterocycles. The summed E-state index contributed by atoms with van der Waals surface area (Å²) in [6.07, 6.45) is 0. The lowest BCUT2D eigenvalue weighted by atomic mass is 10.1. The fourth-order valence-electron chi connectivity index (χ4n) is 1.85. The summed E-state index contributed by atoms with van der Waals surface area (Å²) < 4.78 is 1.05. The number of anilines is 2. The molecule has 0 saturated carbocycles. The maximum atomic E-state index is 9.11. The zero-order valence-corrected chi connectivity index (χ0v) is 12.1. The van der Waals surface area contributed by atoms with Gasteiger partial charge in [-0.1, -0.05) is 28.1 Å². The summed E-state index contributed by atoms with van der Waals surface area (Å²) in [6, 6.07) is 15.7. The number of rotatable bonds is 3. The smallest absolute Gasteiger partial charge is 0.101 e. The Balaban J connectivity index is 2.21. The molecule has 3 N–H and O–H groups in total. The molecule has 0 amide bonds. The predicted molar refractivity (Wildman–Crippen MR) is 81.7 cm³/mol. The number of hydrogen-bond donors (Lipinski definition) is 2. The lowest BCUT2D eigenvalue weighted by Crippen LogP contribution is -2.08. The summed E-state index contributed by atoms with van der Waals surface area (Å²) in [4.78, 5) is 0. The van der Waals surface area contributed by atoms with Gasteiger partial charge in [-0.15, -0.1) is 0 Å². The average molecular weight is 316 g/mol. The van der Waals surface area contributed by atoms with Crippen molar-refractivity contribution in [3.8, 4) is 6.07 Å². The van der Waals surface area contributed by atoms with Crippen LogP contribution in [0.4, 0.5) is 11.4 Å². The minimum absolute atomic E-state index is 0.115. The first-order valence-electron chi connectivity index (χ1n) is 5.92. The lowest BCUT2D eigenvalue weighted by molar-refractivity contribution is 0.883. The third kappa shape index (κ3) is 3.27. The first-order valence-corrected chi connectivity index (χ1v) is 6.71. The Labute approximate surface area is 121 Å². The first-order chi connectivity index (χ1) is 9.10. The van der Waals surface area contributed by atoms with Gasteiger partial charge in [-0.25, -0.2) is 0 Å². The van der Waals surface area contributed by atoms with Crippen LogP contribution in [-0.4, -0.2) is 0 Å². The fourth-order valence-corrected chi connectivity index (χ4v) is 2.11. The van der Waals surface area contributed by atoms with Gasteiger partial charge >= 0.3 is 0 Å². The van der Waals surface area contributed by atoms with Gasteiger partial charge in [0.1, 0.15) is 6.07 Å². The van der Waals surface area contributed by atoms with Gasteiger partial charge in [0.25, 0.3) is 0 Å². The number of nitriles is 1. The van der Waals surface area contributed by atoms with Crippen molar-refractivity contribution in [1.29, 1.82) is 5.26 Å². The molecule has 1 atom stereocenters. The normalized spacial score (nSPS) is 11.6. The number of halogens is 1. The molecule has 0 radical (unpaired) electrons. The third-order valence-electron chi connectivity index (χ3n) is 2.91. The van der Waals surface area contributed by atoms with E-state index in [1.165, 1.54) is 0 Å². The van der Waals surface area contributed by atoms with Gasteiger partial charge in [0, 0.05) is 16.2 Å². The van der Waals surface area contributed by atoms with Crippen LogP contribution in [0.15, 0.2) is 46.9 Å². The molecule has 3 nitrogen and oxygen atoms in total. The highest BCUT2D eigenvalue weighted by Crippen LogP contribution is 2.24. The number of nitrogens with zero attached hydrogens (tertiary/aromatic N) is 1. The molecule has 0 aliphatic carbocycles. The van der Waals surface area contributed by atoms with E-state index in [4.69, 9.17) is 11.0 Å². The molecule has 1 unspecified atom stereocenters. The van der Waals surface area contributed by atoms with Crippen LogP contribution in [0.2, 0.25) is 0 Å². The Morgan fingerprint density at radius 3 is 2.53 bits per heavy atom. The van der Waals surface area contributed by atoms with Gasteiger partial charge in [-0.05, 0) is 42.8 Å². The number of nitrogens with two attached hydrogens (primary N) is 1. The maximum Gasteiger partial charge on any atom is 0.101 e. The minimum Gasteiger partial charge on any atom is -0.399 e. The van der Waals surface area contributed by atoms with Crippen LogP contribution >= 0.6 is 15.9 Å². The minimum atomic E-state index is 0.115. The second-order valence-electron chi connectivity index (χ2n) is 4.33. The molecule has 96 valence electrons. The van der Waals surface area contributed by atoms with E-state index in [2.05, 4.69) is 34.2 Å². The zero-order chi connectivity index (χ0) is 13.8. The Morgan fingerprint density at radius 2 is 1.89 bits per heavy atom. The Morgan fingerprint density at radius 1 is 1.21 bits per heavy atom. The SMILES string of the molecule is CC(Nc1ccc(N)cc1C#N)c1ccc(Br)cc1. The molecule has 0 bridgehead atoms. The van der Waals surface area contributed by atoms with E-state index in [9.17, 15) is 0 Å². The van der Waals surface area contributed by atoms with E-state index in [0.29, 0.717) is 11.3 Å². The number of hydrogen-bond acceptors (Lipinski definition) is 3. The van der Waals surface area contributed by atoms with E-state index in [1.54, 1.807) is 12.1 Å². The van der Waals surface area contributed by atoms with E-state index in [-0.39, 0.29) is 6.04 Å². The molecular formula is C15H14BrN3. The molecule has 2 aromatic carbocycles. The van der Waals surface area contributed by atoms with Gasteiger partial charge in [-0.3, -0.25) is 0 Å². The molecule has 19 heavy (non-hydrogen) atoms. The van der Waals surface area contributed by atoms with Crippen molar-refractivity contribution >= 4 is 27.3 Å². The lowest BCUT2D eigenvalue weighted by Gasteiger charge is -2.17. The summed E-state index contributed by atoms with van der Waals surface area (Å²) in [7, 11) is 0. The predicted octanol–water partition coefficient (Wildman–Crippen LogP) is 4.08. The summed E-state index contributed by atoms with van der Waals surface area (Å²) in [5.41, 5.74) is 8.79. The van der Waals surface area contributed by atoms with Gasteiger partial charge in [0.15, 0.2) is 0 Å². The second-order valence-corrected chi connectivity index (χ2v) is 5.25. The molecular weight excluding hydrogens is 302 g/mol. The van der Waals surface area contributed by atoms with E-state index in [0.717, 1.165) is 15.7 Å². The number of nitrogen functional groups attached to an aromatic ring is 1. The van der Waals surface area contributed by atoms with Crippen molar-refractivity contribution in [1.82, 2.24) is 0 Å². The van der Waals surface area contributed by atoms with Crippen LogP contribution in [0.3, 0.4) is 0 Å². The van der Waals surface area contributed by atoms with Crippen molar-refractivity contribution < 1.29 is 0 Å². The highest BCUT2D eigenvalue weighted by Gasteiger charge is 2.08. The Kier molecular flexibility index (Phi) is 4.08. The third-order valence-corrected chi connectivity index (χ3v) is 3.43. The molecule has 0 aromatic heterocycles. The van der Waals surface area contributed by atoms with Gasteiger partial charge in [0.2, 0.25) is 0 Å². The summed E-state index contributed by atoms with van der Waals surface area (Å²) in [5, 5.41) is 12.4. The van der Waals surface area contributed by atoms with Crippen molar-refractivity contribution in [3.05, 3.63) is 58.1 Å². The average Bonchev–Trinajstić information content (AvgIpc) is 2.41. The van der Waals surface area contributed by atoms with E-state index >= 15 is 0 Å². The Hall–Kier alpha value is -1.99. The molecule has 0 spiro atoms. The van der Waals surface area contributed by atoms with Crippen LogP contribution in [0.25, 0.3) is 0 Å². The van der Waals surface area contributed by atoms with Crippen LogP contribution in [0, 0.1) is 11.3 Å². The number of nitrogens with one attached hydrogen (secondary N) is 1. The molecule has 2 aromatic rings. The molecule has 0 fully saturated rings. The largest absolute Gasteiger partial charge is 0.399 e. The standard InChI is InChI=1S/C15H14BrN3/c1-10(11-2-4-13(16)5-3-11)19-15-7-6-14(18)8-12(15)9-17/h2-8,10,19H,18H2,1H3. The fraction of sp³-hybridized carbons (Fsp3) is 0.133. The van der Waals surface area contributed by atoms with Gasteiger partial charge < -0.3 is 11.1 Å². The van der Waals surface area contributed by atoms with Crippen LogP contribution in [0.1, 0.15) is 24.1 Å². The summed E-state index contributed by atoms with van der Waals surface area (Å²) in [6.45, 7) is 2.06. The second kappa shape index (κ2) is 5.77. The van der Waals surface area contributed by atoms with Gasteiger partial charge in [0.05, 0.1) is 11.3 Å². The summed E-state index contributed by atoms with van der Waals surface area (Å²) >= 11 is 3.41. The highest BCUT2D eigenvalue weighted by molar-refractivity contribution is 9.10. The van der Waals surface area contributed by atoms with Crippen molar-refractivity contribution in [3.63, 3.8) is 0 Å². The van der Waals surface area contributed by atoms with Crippen LogP contribution in [0.5, 0.6) is 0 Å². The van der Waals surface area contributed by atoms with E-state index in [1.807, 2.05) is 30.3 Å². The maximum absolute atomic E-state index is 9.11. The molecule has 2 rings (SSSR count). The van der Waals surface area contributed by atoms with Crippen LogP contribution in [-0.2, 0) is 0 Å². The molecule has 0 aliphatic heterocycles. The molecule has 0 aliphatic rings. The zero-order valence-electron chi connectivity index (χ0n) is 10.5. The topological polar surface area (TPSA) is 61.8 Å². The van der Waals surface area contributed by atoms with E-state index < -0.39 is 0 Å². The number of benzene rings is 2. The molecule has 0 saturated heterocycles. The van der Waals surface area contributed by atoms with Crippen LogP contribution < -0.4 is 11.1 Å². The quantitative estimate of drug-likeness (QED) is 0.839. The van der Waals surface area contributed by atoms with Crippen molar-refractivity contribution in [2.75, 3.05) is 11.1 Å². The molecule has 4 heteroatoms. The monoisotopic (exact) mass is 315 g/mol. The van der Waals surface area contributed by atoms with Gasteiger partial charge in [-0.2, -0.15) is 5.26 Å². The summed E-state index contributed by atoms with van der Waals surface area (Å²) in [5.74, 6) is 0.